The molecule has 0 aromatic heterocycles. The molecule has 1 aliphatic heterocycles. The Kier molecular flexibility index (Phi) is 4.69. The molecular weight excluding hydrogens is 250 g/mol. The molecule has 0 radical (unpaired) electrons. The summed E-state index contributed by atoms with van der Waals surface area (Å²) >= 11 is 0. The Bertz CT molecular complexity index is 476. The van der Waals surface area contributed by atoms with Crippen molar-refractivity contribution in [3.8, 4) is 5.75 Å². The van der Waals surface area contributed by atoms with E-state index in [0.29, 0.717) is 5.92 Å². The van der Waals surface area contributed by atoms with Gasteiger partial charge in [0.2, 0.25) is 0 Å². The number of hydrogen-bond donors (Lipinski definition) is 0. The van der Waals surface area contributed by atoms with Gasteiger partial charge in [0.25, 0.3) is 5.91 Å². The van der Waals surface area contributed by atoms with Crippen molar-refractivity contribution < 1.29 is 9.53 Å². The average Bonchev–Trinajstić information content (AvgIpc) is 2.91. The third-order valence-corrected chi connectivity index (χ3v) is 3.86. The van der Waals surface area contributed by atoms with Crippen LogP contribution in [-0.2, 0) is 4.79 Å². The summed E-state index contributed by atoms with van der Waals surface area (Å²) in [6, 6.07) is 6.22. The predicted molar refractivity (Wildman–Crippen MR) is 81.2 cm³/mol. The minimum atomic E-state index is -0.410. The van der Waals surface area contributed by atoms with E-state index in [4.69, 9.17) is 4.74 Å². The molecule has 1 heterocycles. The van der Waals surface area contributed by atoms with E-state index < -0.39 is 6.10 Å². The van der Waals surface area contributed by atoms with Gasteiger partial charge < -0.3 is 9.64 Å². The van der Waals surface area contributed by atoms with Gasteiger partial charge in [0.05, 0.1) is 0 Å². The van der Waals surface area contributed by atoms with Crippen molar-refractivity contribution >= 4 is 5.91 Å². The zero-order chi connectivity index (χ0) is 14.7. The lowest BCUT2D eigenvalue weighted by molar-refractivity contribution is -0.136. The van der Waals surface area contributed by atoms with E-state index in [9.17, 15) is 4.79 Å². The topological polar surface area (TPSA) is 29.5 Å². The van der Waals surface area contributed by atoms with Gasteiger partial charge in [0, 0.05) is 13.1 Å². The van der Waals surface area contributed by atoms with Crippen LogP contribution in [-0.4, -0.2) is 30.0 Å². The van der Waals surface area contributed by atoms with Crippen molar-refractivity contribution in [2.24, 2.45) is 0 Å². The quantitative estimate of drug-likeness (QED) is 0.841. The summed E-state index contributed by atoms with van der Waals surface area (Å²) in [6.07, 6.45) is 1.81. The van der Waals surface area contributed by atoms with E-state index in [1.54, 1.807) is 0 Å². The van der Waals surface area contributed by atoms with Crippen LogP contribution >= 0.6 is 0 Å². The Morgan fingerprint density at radius 2 is 1.85 bits per heavy atom. The van der Waals surface area contributed by atoms with Crippen LogP contribution in [0.4, 0.5) is 0 Å². The van der Waals surface area contributed by atoms with Gasteiger partial charge in [-0.1, -0.05) is 26.0 Å². The number of hydrogen-bond acceptors (Lipinski definition) is 2. The van der Waals surface area contributed by atoms with E-state index >= 15 is 0 Å². The van der Waals surface area contributed by atoms with E-state index in [-0.39, 0.29) is 5.91 Å². The highest BCUT2D eigenvalue weighted by Crippen LogP contribution is 2.28. The number of benzene rings is 1. The maximum atomic E-state index is 12.3. The number of amides is 1. The highest BCUT2D eigenvalue weighted by Gasteiger charge is 2.25. The molecule has 3 heteroatoms. The molecule has 1 fully saturated rings. The van der Waals surface area contributed by atoms with Gasteiger partial charge in [-0.3, -0.25) is 4.79 Å². The molecule has 0 spiro atoms. The number of rotatable bonds is 4. The standard InChI is InChI=1S/C17H25NO2/c1-12(2)15-8-7-13(3)11-16(15)20-14(4)17(19)18-9-5-6-10-18/h7-8,11-12,14H,5-6,9-10H2,1-4H3. The normalized spacial score (nSPS) is 16.6. The number of nitrogens with zero attached hydrogens (tertiary/aromatic N) is 1. The Morgan fingerprint density at radius 1 is 1.20 bits per heavy atom. The van der Waals surface area contributed by atoms with Crippen molar-refractivity contribution in [3.05, 3.63) is 29.3 Å². The third kappa shape index (κ3) is 3.33. The Labute approximate surface area is 121 Å². The molecule has 0 N–H and O–H groups in total. The monoisotopic (exact) mass is 275 g/mol. The van der Waals surface area contributed by atoms with E-state index in [2.05, 4.69) is 26.0 Å². The molecule has 110 valence electrons. The molecule has 0 aliphatic carbocycles. The lowest BCUT2D eigenvalue weighted by Gasteiger charge is -2.23. The SMILES string of the molecule is Cc1ccc(C(C)C)c(OC(C)C(=O)N2CCCC2)c1. The van der Waals surface area contributed by atoms with Crippen LogP contribution in [0.15, 0.2) is 18.2 Å². The molecule has 1 atom stereocenters. The van der Waals surface area contributed by atoms with Crippen LogP contribution in [0.5, 0.6) is 5.75 Å². The smallest absolute Gasteiger partial charge is 0.263 e. The maximum Gasteiger partial charge on any atom is 0.263 e. The van der Waals surface area contributed by atoms with Crippen LogP contribution in [0.1, 0.15) is 50.7 Å². The van der Waals surface area contributed by atoms with E-state index in [1.807, 2.05) is 24.8 Å². The van der Waals surface area contributed by atoms with E-state index in [1.165, 1.54) is 0 Å². The minimum Gasteiger partial charge on any atom is -0.481 e. The fraction of sp³-hybridized carbons (Fsp3) is 0.588. The second kappa shape index (κ2) is 6.29. The lowest BCUT2D eigenvalue weighted by atomic mass is 10.0. The minimum absolute atomic E-state index is 0.110. The molecular formula is C17H25NO2. The highest BCUT2D eigenvalue weighted by molar-refractivity contribution is 5.81. The average molecular weight is 275 g/mol. The summed E-state index contributed by atoms with van der Waals surface area (Å²) in [6.45, 7) is 9.93. The molecule has 20 heavy (non-hydrogen) atoms. The zero-order valence-electron chi connectivity index (χ0n) is 13.0. The molecule has 1 aliphatic rings. The fourth-order valence-corrected chi connectivity index (χ4v) is 2.66. The molecule has 1 unspecified atom stereocenters. The number of likely N-dealkylation sites (tertiary alicyclic amines) is 1. The molecule has 1 saturated heterocycles. The third-order valence-electron chi connectivity index (χ3n) is 3.86. The molecule has 1 aromatic carbocycles. The highest BCUT2D eigenvalue weighted by atomic mass is 16.5. The first-order valence-corrected chi connectivity index (χ1v) is 7.55. The Morgan fingerprint density at radius 3 is 2.45 bits per heavy atom. The second-order valence-electron chi connectivity index (χ2n) is 5.99. The second-order valence-corrected chi connectivity index (χ2v) is 5.99. The molecule has 1 aromatic rings. The van der Waals surface area contributed by atoms with Gasteiger partial charge in [0.15, 0.2) is 6.10 Å². The van der Waals surface area contributed by atoms with Crippen LogP contribution < -0.4 is 4.74 Å². The van der Waals surface area contributed by atoms with E-state index in [0.717, 1.165) is 42.8 Å². The molecule has 0 saturated carbocycles. The van der Waals surface area contributed by atoms with Crippen LogP contribution in [0, 0.1) is 6.92 Å². The summed E-state index contributed by atoms with van der Waals surface area (Å²) < 4.78 is 5.97. The van der Waals surface area contributed by atoms with Gasteiger partial charge >= 0.3 is 0 Å². The first-order valence-electron chi connectivity index (χ1n) is 7.55. The fourth-order valence-electron chi connectivity index (χ4n) is 2.66. The Hall–Kier alpha value is -1.51. The Balaban J connectivity index is 2.12. The van der Waals surface area contributed by atoms with Crippen LogP contribution in [0.2, 0.25) is 0 Å². The van der Waals surface area contributed by atoms with Crippen LogP contribution in [0.25, 0.3) is 0 Å². The maximum absolute atomic E-state index is 12.3. The first kappa shape index (κ1) is 14.9. The van der Waals surface area contributed by atoms with Crippen molar-refractivity contribution in [1.29, 1.82) is 0 Å². The van der Waals surface area contributed by atoms with Gasteiger partial charge in [-0.15, -0.1) is 0 Å². The molecule has 0 bridgehead atoms. The lowest BCUT2D eigenvalue weighted by Crippen LogP contribution is -2.38. The summed E-state index contributed by atoms with van der Waals surface area (Å²) in [5, 5.41) is 0. The largest absolute Gasteiger partial charge is 0.481 e. The van der Waals surface area contributed by atoms with Crippen molar-refractivity contribution in [3.63, 3.8) is 0 Å². The first-order chi connectivity index (χ1) is 9.49. The number of carbonyl (C=O) groups is 1. The van der Waals surface area contributed by atoms with Crippen molar-refractivity contribution in [1.82, 2.24) is 4.90 Å². The summed E-state index contributed by atoms with van der Waals surface area (Å²) in [7, 11) is 0. The number of ether oxygens (including phenoxy) is 1. The summed E-state index contributed by atoms with van der Waals surface area (Å²) in [5.41, 5.74) is 2.32. The predicted octanol–water partition coefficient (Wildman–Crippen LogP) is 3.51. The molecule has 3 nitrogen and oxygen atoms in total. The van der Waals surface area contributed by atoms with Crippen molar-refractivity contribution in [2.45, 2.75) is 52.6 Å². The van der Waals surface area contributed by atoms with Gasteiger partial charge in [0.1, 0.15) is 5.75 Å². The van der Waals surface area contributed by atoms with Gasteiger partial charge in [-0.25, -0.2) is 0 Å². The molecule has 1 amide bonds. The zero-order valence-corrected chi connectivity index (χ0v) is 13.0. The summed E-state index contributed by atoms with van der Waals surface area (Å²) in [4.78, 5) is 14.2. The number of aryl methyl sites for hydroxylation is 1. The van der Waals surface area contributed by atoms with Crippen LogP contribution in [0.3, 0.4) is 0 Å². The van der Waals surface area contributed by atoms with Gasteiger partial charge in [-0.2, -0.15) is 0 Å². The van der Waals surface area contributed by atoms with Gasteiger partial charge in [-0.05, 0) is 49.8 Å². The molecule has 2 rings (SSSR count). The number of carbonyl (C=O) groups excluding carboxylic acids is 1. The summed E-state index contributed by atoms with van der Waals surface area (Å²) in [5.74, 6) is 1.35. The van der Waals surface area contributed by atoms with Crippen molar-refractivity contribution in [2.75, 3.05) is 13.1 Å².